The van der Waals surface area contributed by atoms with E-state index >= 15 is 0 Å². The Morgan fingerprint density at radius 1 is 1.00 bits per heavy atom. The van der Waals surface area contributed by atoms with Crippen molar-refractivity contribution >= 4 is 21.5 Å². The lowest BCUT2D eigenvalue weighted by Gasteiger charge is -2.07. The van der Waals surface area contributed by atoms with Crippen LogP contribution in [0.25, 0.3) is 5.57 Å². The molecule has 0 aliphatic carbocycles. The smallest absolute Gasteiger partial charge is 0.123 e. The zero-order chi connectivity index (χ0) is 14.5. The van der Waals surface area contributed by atoms with Gasteiger partial charge in [-0.2, -0.15) is 0 Å². The zero-order valence-corrected chi connectivity index (χ0v) is 13.3. The van der Waals surface area contributed by atoms with Gasteiger partial charge in [-0.25, -0.2) is 0 Å². The van der Waals surface area contributed by atoms with E-state index in [9.17, 15) is 0 Å². The molecule has 0 atom stereocenters. The Hall–Kier alpha value is -1.80. The Bertz CT molecular complexity index is 668. The van der Waals surface area contributed by atoms with Crippen LogP contribution in [-0.4, -0.2) is 6.61 Å². The zero-order valence-electron chi connectivity index (χ0n) is 11.8. The average molecular weight is 341 g/mol. The van der Waals surface area contributed by atoms with E-state index < -0.39 is 0 Å². The van der Waals surface area contributed by atoms with Gasteiger partial charge in [0.05, 0.1) is 0 Å². The van der Waals surface area contributed by atoms with E-state index in [1.165, 1.54) is 22.3 Å². The van der Waals surface area contributed by atoms with Crippen LogP contribution in [0.1, 0.15) is 16.7 Å². The van der Waals surface area contributed by atoms with Crippen LogP contribution in [0.5, 0.6) is 5.75 Å². The molecule has 0 saturated heterocycles. The Morgan fingerprint density at radius 3 is 2.62 bits per heavy atom. The molecule has 0 unspecified atom stereocenters. The summed E-state index contributed by atoms with van der Waals surface area (Å²) in [6, 6.07) is 16.9. The molecule has 2 aromatic rings. The minimum atomic E-state index is 0.605. The summed E-state index contributed by atoms with van der Waals surface area (Å²) in [5.74, 6) is 0.981. The first-order chi connectivity index (χ1) is 10.4. The molecule has 1 aliphatic heterocycles. The van der Waals surface area contributed by atoms with Gasteiger partial charge in [0.15, 0.2) is 0 Å². The fraction of sp³-hybridized carbons (Fsp3) is 0.158. The van der Waals surface area contributed by atoms with Crippen LogP contribution in [-0.2, 0) is 11.8 Å². The summed E-state index contributed by atoms with van der Waals surface area (Å²) in [4.78, 5) is 0. The molecule has 0 aromatic heterocycles. The van der Waals surface area contributed by atoms with E-state index in [1.807, 2.05) is 12.1 Å². The summed E-state index contributed by atoms with van der Waals surface area (Å²) >= 11 is 3.48. The second-order valence-electron chi connectivity index (χ2n) is 5.02. The molecular weight excluding hydrogens is 324 g/mol. The first kappa shape index (κ1) is 14.2. The topological polar surface area (TPSA) is 9.23 Å². The lowest BCUT2D eigenvalue weighted by Crippen LogP contribution is -1.95. The van der Waals surface area contributed by atoms with Crippen LogP contribution in [0, 0.1) is 0 Å². The lowest BCUT2D eigenvalue weighted by atomic mass is 10.0. The van der Waals surface area contributed by atoms with Gasteiger partial charge in [-0.05, 0) is 40.8 Å². The second-order valence-corrected chi connectivity index (χ2v) is 5.58. The molecule has 1 heterocycles. The molecule has 2 heteroatoms. The van der Waals surface area contributed by atoms with Gasteiger partial charge in [0.2, 0.25) is 0 Å². The third kappa shape index (κ3) is 3.45. The van der Waals surface area contributed by atoms with E-state index in [4.69, 9.17) is 4.74 Å². The number of halogens is 1. The number of hydrogen-bond donors (Lipinski definition) is 0. The Labute approximate surface area is 134 Å². The first-order valence-electron chi connectivity index (χ1n) is 7.09. The van der Waals surface area contributed by atoms with Crippen molar-refractivity contribution in [3.63, 3.8) is 0 Å². The van der Waals surface area contributed by atoms with Crippen molar-refractivity contribution in [1.82, 2.24) is 0 Å². The number of rotatable bonds is 2. The van der Waals surface area contributed by atoms with Crippen molar-refractivity contribution in [2.75, 3.05) is 6.61 Å². The van der Waals surface area contributed by atoms with E-state index in [-0.39, 0.29) is 0 Å². The number of allylic oxidation sites excluding steroid dienone is 3. The minimum absolute atomic E-state index is 0.605. The number of ether oxygens (including phenoxy) is 1. The van der Waals surface area contributed by atoms with Crippen molar-refractivity contribution < 1.29 is 4.74 Å². The van der Waals surface area contributed by atoms with Crippen LogP contribution >= 0.6 is 15.9 Å². The fourth-order valence-electron chi connectivity index (χ4n) is 2.41. The van der Waals surface area contributed by atoms with Gasteiger partial charge >= 0.3 is 0 Å². The molecule has 0 amide bonds. The largest absolute Gasteiger partial charge is 0.489 e. The molecule has 3 rings (SSSR count). The van der Waals surface area contributed by atoms with Crippen LogP contribution < -0.4 is 4.74 Å². The average Bonchev–Trinajstić information content (AvgIpc) is 2.65. The molecule has 0 bridgehead atoms. The number of hydrogen-bond acceptors (Lipinski definition) is 1. The molecule has 21 heavy (non-hydrogen) atoms. The van der Waals surface area contributed by atoms with Gasteiger partial charge in [0.1, 0.15) is 12.4 Å². The highest BCUT2D eigenvalue weighted by Crippen LogP contribution is 2.24. The summed E-state index contributed by atoms with van der Waals surface area (Å²) < 4.78 is 5.80. The van der Waals surface area contributed by atoms with Gasteiger partial charge in [-0.15, -0.1) is 0 Å². The monoisotopic (exact) mass is 340 g/mol. The highest BCUT2D eigenvalue weighted by Gasteiger charge is 2.05. The molecule has 0 radical (unpaired) electrons. The summed E-state index contributed by atoms with van der Waals surface area (Å²) in [6.45, 7) is 0.605. The summed E-state index contributed by atoms with van der Waals surface area (Å²) in [5, 5.41) is 0.892. The van der Waals surface area contributed by atoms with Crippen molar-refractivity contribution in [2.45, 2.75) is 11.8 Å². The number of fused-ring (bicyclic) bond motifs is 1. The SMILES string of the molecule is BrCc1ccc(C2=C/Cc3ccccc3OC/C=C\2)cc1. The van der Waals surface area contributed by atoms with Gasteiger partial charge in [0.25, 0.3) is 0 Å². The first-order valence-corrected chi connectivity index (χ1v) is 8.21. The van der Waals surface area contributed by atoms with Crippen molar-refractivity contribution in [2.24, 2.45) is 0 Å². The number of alkyl halides is 1. The molecule has 1 aliphatic rings. The molecule has 0 spiro atoms. The van der Waals surface area contributed by atoms with Gasteiger partial charge in [-0.3, -0.25) is 0 Å². The van der Waals surface area contributed by atoms with Gasteiger partial charge in [-0.1, -0.05) is 70.5 Å². The Kier molecular flexibility index (Phi) is 4.56. The highest BCUT2D eigenvalue weighted by molar-refractivity contribution is 9.08. The minimum Gasteiger partial charge on any atom is -0.489 e. The van der Waals surface area contributed by atoms with E-state index in [1.54, 1.807) is 0 Å². The van der Waals surface area contributed by atoms with Crippen LogP contribution in [0.2, 0.25) is 0 Å². The molecule has 2 aromatic carbocycles. The normalized spacial score (nSPS) is 18.2. The third-order valence-corrected chi connectivity index (χ3v) is 4.24. The fourth-order valence-corrected chi connectivity index (χ4v) is 2.79. The molecule has 106 valence electrons. The molecular formula is C19H17BrO. The Morgan fingerprint density at radius 2 is 1.81 bits per heavy atom. The quantitative estimate of drug-likeness (QED) is 0.686. The molecule has 0 N–H and O–H groups in total. The van der Waals surface area contributed by atoms with Crippen LogP contribution in [0.4, 0.5) is 0 Å². The summed E-state index contributed by atoms with van der Waals surface area (Å²) in [7, 11) is 0. The van der Waals surface area contributed by atoms with Crippen molar-refractivity contribution in [3.05, 3.63) is 83.4 Å². The maximum absolute atomic E-state index is 5.80. The Balaban J connectivity index is 1.92. The summed E-state index contributed by atoms with van der Waals surface area (Å²) in [5.41, 5.74) is 5.02. The van der Waals surface area contributed by atoms with Gasteiger partial charge < -0.3 is 4.74 Å². The van der Waals surface area contributed by atoms with Crippen molar-refractivity contribution in [3.8, 4) is 5.75 Å². The van der Waals surface area contributed by atoms with Crippen LogP contribution in [0.15, 0.2) is 66.8 Å². The maximum atomic E-state index is 5.80. The highest BCUT2D eigenvalue weighted by atomic mass is 79.9. The van der Waals surface area contributed by atoms with Crippen LogP contribution in [0.3, 0.4) is 0 Å². The second kappa shape index (κ2) is 6.77. The number of para-hydroxylation sites is 1. The predicted molar refractivity (Wildman–Crippen MR) is 91.8 cm³/mol. The van der Waals surface area contributed by atoms with E-state index in [0.29, 0.717) is 6.61 Å². The number of benzene rings is 2. The summed E-state index contributed by atoms with van der Waals surface area (Å²) in [6.07, 6.45) is 7.38. The lowest BCUT2D eigenvalue weighted by molar-refractivity contribution is 0.360. The maximum Gasteiger partial charge on any atom is 0.123 e. The van der Waals surface area contributed by atoms with Gasteiger partial charge in [0, 0.05) is 5.33 Å². The standard InChI is InChI=1S/C19H17BrO/c20-14-15-7-9-17(10-8-15)16-5-3-13-21-19-6-2-1-4-18(19)12-11-16/h1-11H,12-14H2/b5-3-,16-11+. The molecule has 0 saturated carbocycles. The van der Waals surface area contributed by atoms with E-state index in [2.05, 4.69) is 70.6 Å². The van der Waals surface area contributed by atoms with E-state index in [0.717, 1.165) is 17.5 Å². The predicted octanol–water partition coefficient (Wildman–Crippen LogP) is 5.16. The molecule has 0 fully saturated rings. The third-order valence-electron chi connectivity index (χ3n) is 3.59. The molecule has 1 nitrogen and oxygen atoms in total. The van der Waals surface area contributed by atoms with Crippen molar-refractivity contribution in [1.29, 1.82) is 0 Å².